The number of piperidine rings is 1. The van der Waals surface area contributed by atoms with Crippen LogP contribution in [0.5, 0.6) is 0 Å². The highest BCUT2D eigenvalue weighted by molar-refractivity contribution is 5.92. The maximum absolute atomic E-state index is 12.0. The number of hydrogen-bond acceptors (Lipinski definition) is 5. The number of carbonyl (C=O) groups is 1. The molecule has 2 fully saturated rings. The van der Waals surface area contributed by atoms with Crippen molar-refractivity contribution < 1.29 is 9.32 Å². The molecular formula is C14H22N4O2. The number of amides is 1. The molecule has 0 bridgehead atoms. The van der Waals surface area contributed by atoms with Crippen molar-refractivity contribution in [2.24, 2.45) is 5.92 Å². The van der Waals surface area contributed by atoms with E-state index in [9.17, 15) is 4.79 Å². The molecule has 1 aromatic heterocycles. The number of hydrogen-bond donors (Lipinski definition) is 2. The lowest BCUT2D eigenvalue weighted by Gasteiger charge is -2.31. The van der Waals surface area contributed by atoms with Crippen LogP contribution in [-0.4, -0.2) is 54.2 Å². The summed E-state index contributed by atoms with van der Waals surface area (Å²) in [4.78, 5) is 14.6. The zero-order chi connectivity index (χ0) is 13.9. The topological polar surface area (TPSA) is 70.4 Å². The molecule has 20 heavy (non-hydrogen) atoms. The molecule has 6 nitrogen and oxygen atoms in total. The van der Waals surface area contributed by atoms with Gasteiger partial charge in [-0.1, -0.05) is 12.1 Å². The number of nitrogens with one attached hydrogen (secondary N) is 2. The summed E-state index contributed by atoms with van der Waals surface area (Å²) in [6.45, 7) is 6.41. The van der Waals surface area contributed by atoms with E-state index in [1.807, 2.05) is 0 Å². The van der Waals surface area contributed by atoms with Crippen LogP contribution in [0.15, 0.2) is 16.9 Å². The minimum Gasteiger partial charge on any atom is -0.364 e. The summed E-state index contributed by atoms with van der Waals surface area (Å²) in [5.41, 5.74) is 0.359. The molecule has 0 aliphatic carbocycles. The number of carbonyl (C=O) groups excluding carboxylic acids is 1. The molecule has 2 N–H and O–H groups in total. The number of nitrogens with zero attached hydrogens (tertiary/aromatic N) is 2. The maximum Gasteiger partial charge on any atom is 0.273 e. The Morgan fingerprint density at radius 2 is 2.25 bits per heavy atom. The number of rotatable bonds is 3. The molecule has 0 radical (unpaired) electrons. The molecule has 0 spiro atoms. The van der Waals surface area contributed by atoms with Gasteiger partial charge in [-0.25, -0.2) is 0 Å². The third-order valence-electron chi connectivity index (χ3n) is 4.45. The van der Waals surface area contributed by atoms with E-state index in [4.69, 9.17) is 4.52 Å². The van der Waals surface area contributed by atoms with Crippen LogP contribution in [0.2, 0.25) is 0 Å². The van der Waals surface area contributed by atoms with Gasteiger partial charge >= 0.3 is 0 Å². The highest BCUT2D eigenvalue weighted by atomic mass is 16.5. The summed E-state index contributed by atoms with van der Waals surface area (Å²) in [6.07, 6.45) is 3.83. The van der Waals surface area contributed by atoms with Gasteiger partial charge in [0.25, 0.3) is 5.91 Å². The normalized spacial score (nSPS) is 28.6. The van der Waals surface area contributed by atoms with E-state index in [1.165, 1.54) is 19.1 Å². The maximum atomic E-state index is 12.0. The van der Waals surface area contributed by atoms with Gasteiger partial charge in [-0.05, 0) is 31.8 Å². The second-order valence-electron chi connectivity index (χ2n) is 5.88. The molecule has 6 heteroatoms. The van der Waals surface area contributed by atoms with Crippen LogP contribution in [0.3, 0.4) is 0 Å². The highest BCUT2D eigenvalue weighted by Gasteiger charge is 2.35. The summed E-state index contributed by atoms with van der Waals surface area (Å²) >= 11 is 0. The first kappa shape index (κ1) is 13.6. The molecule has 2 saturated heterocycles. The van der Waals surface area contributed by atoms with E-state index >= 15 is 0 Å². The fraction of sp³-hybridized carbons (Fsp3) is 0.714. The Morgan fingerprint density at radius 1 is 1.45 bits per heavy atom. The summed E-state index contributed by atoms with van der Waals surface area (Å²) in [5, 5.41) is 10.2. The van der Waals surface area contributed by atoms with E-state index in [0.29, 0.717) is 17.7 Å². The van der Waals surface area contributed by atoms with Crippen molar-refractivity contribution in [3.05, 3.63) is 18.0 Å². The Balaban J connectivity index is 1.56. The van der Waals surface area contributed by atoms with Gasteiger partial charge in [0, 0.05) is 31.2 Å². The third-order valence-corrected chi connectivity index (χ3v) is 4.45. The van der Waals surface area contributed by atoms with Gasteiger partial charge in [0.15, 0.2) is 5.69 Å². The van der Waals surface area contributed by atoms with Gasteiger partial charge in [-0.3, -0.25) is 9.69 Å². The molecule has 3 rings (SSSR count). The lowest BCUT2D eigenvalue weighted by Crippen LogP contribution is -2.44. The molecule has 0 unspecified atom stereocenters. The Kier molecular flexibility index (Phi) is 4.03. The van der Waals surface area contributed by atoms with Gasteiger partial charge in [-0.15, -0.1) is 0 Å². The quantitative estimate of drug-likeness (QED) is 0.841. The van der Waals surface area contributed by atoms with Crippen molar-refractivity contribution in [2.75, 3.05) is 26.2 Å². The second-order valence-corrected chi connectivity index (χ2v) is 5.88. The first-order valence-electron chi connectivity index (χ1n) is 7.40. The van der Waals surface area contributed by atoms with E-state index in [2.05, 4.69) is 27.6 Å². The molecule has 110 valence electrons. The molecule has 2 aliphatic heterocycles. The molecule has 1 amide bonds. The molecule has 1 aromatic rings. The van der Waals surface area contributed by atoms with Crippen LogP contribution in [-0.2, 0) is 0 Å². The van der Waals surface area contributed by atoms with Gasteiger partial charge in [0.1, 0.15) is 6.26 Å². The largest absolute Gasteiger partial charge is 0.364 e. The van der Waals surface area contributed by atoms with Crippen molar-refractivity contribution >= 4 is 5.91 Å². The van der Waals surface area contributed by atoms with Crippen molar-refractivity contribution in [2.45, 2.75) is 31.8 Å². The van der Waals surface area contributed by atoms with Gasteiger partial charge < -0.3 is 15.2 Å². The van der Waals surface area contributed by atoms with E-state index in [0.717, 1.165) is 26.2 Å². The fourth-order valence-electron chi connectivity index (χ4n) is 3.23. The van der Waals surface area contributed by atoms with Crippen LogP contribution in [0.25, 0.3) is 0 Å². The first-order chi connectivity index (χ1) is 9.74. The SMILES string of the molecule is C[C@@H]1CN(C2CCNCC2)C[C@H]1NC(=O)c1ccon1. The lowest BCUT2D eigenvalue weighted by molar-refractivity contribution is 0.0920. The zero-order valence-corrected chi connectivity index (χ0v) is 11.8. The molecule has 3 heterocycles. The van der Waals surface area contributed by atoms with Gasteiger partial charge in [-0.2, -0.15) is 0 Å². The highest BCUT2D eigenvalue weighted by Crippen LogP contribution is 2.23. The Labute approximate surface area is 118 Å². The standard InChI is InChI=1S/C14H22N4O2/c1-10-8-18(11-2-5-15-6-3-11)9-13(10)16-14(19)12-4-7-20-17-12/h4,7,10-11,13,15H,2-3,5-6,8-9H2,1H3,(H,16,19)/t10-,13-/m1/s1. The summed E-state index contributed by atoms with van der Waals surface area (Å²) in [5.74, 6) is 0.337. The summed E-state index contributed by atoms with van der Waals surface area (Å²) in [7, 11) is 0. The van der Waals surface area contributed by atoms with Crippen molar-refractivity contribution in [3.63, 3.8) is 0 Å². The fourth-order valence-corrected chi connectivity index (χ4v) is 3.23. The lowest BCUT2D eigenvalue weighted by atomic mass is 10.1. The minimum atomic E-state index is -0.136. The first-order valence-corrected chi connectivity index (χ1v) is 7.40. The molecular weight excluding hydrogens is 256 g/mol. The Morgan fingerprint density at radius 3 is 2.95 bits per heavy atom. The molecule has 0 aromatic carbocycles. The van der Waals surface area contributed by atoms with E-state index < -0.39 is 0 Å². The second kappa shape index (κ2) is 5.93. The Bertz CT molecular complexity index is 442. The minimum absolute atomic E-state index is 0.136. The van der Waals surface area contributed by atoms with Crippen LogP contribution >= 0.6 is 0 Å². The average molecular weight is 278 g/mol. The third kappa shape index (κ3) is 2.86. The van der Waals surface area contributed by atoms with Gasteiger partial charge in [0.2, 0.25) is 0 Å². The molecule has 2 aliphatic rings. The van der Waals surface area contributed by atoms with Crippen molar-refractivity contribution in [3.8, 4) is 0 Å². The monoisotopic (exact) mass is 278 g/mol. The summed E-state index contributed by atoms with van der Waals surface area (Å²) in [6, 6.07) is 2.46. The van der Waals surface area contributed by atoms with Crippen molar-refractivity contribution in [1.82, 2.24) is 20.7 Å². The Hall–Kier alpha value is -1.40. The van der Waals surface area contributed by atoms with E-state index in [1.54, 1.807) is 6.07 Å². The molecule has 0 saturated carbocycles. The van der Waals surface area contributed by atoms with E-state index in [-0.39, 0.29) is 11.9 Å². The summed E-state index contributed by atoms with van der Waals surface area (Å²) < 4.78 is 4.72. The van der Waals surface area contributed by atoms with Gasteiger partial charge in [0.05, 0.1) is 0 Å². The number of likely N-dealkylation sites (tertiary alicyclic amines) is 1. The predicted molar refractivity (Wildman–Crippen MR) is 74.4 cm³/mol. The smallest absolute Gasteiger partial charge is 0.273 e. The number of aromatic nitrogens is 1. The van der Waals surface area contributed by atoms with Crippen molar-refractivity contribution in [1.29, 1.82) is 0 Å². The van der Waals surface area contributed by atoms with Crippen LogP contribution in [0, 0.1) is 5.92 Å². The molecule has 2 atom stereocenters. The predicted octanol–water partition coefficient (Wildman–Crippen LogP) is 0.477. The average Bonchev–Trinajstić information content (AvgIpc) is 3.10. The van der Waals surface area contributed by atoms with Crippen LogP contribution in [0.4, 0.5) is 0 Å². The zero-order valence-electron chi connectivity index (χ0n) is 11.8. The van der Waals surface area contributed by atoms with Crippen LogP contribution < -0.4 is 10.6 Å². The van der Waals surface area contributed by atoms with Crippen LogP contribution in [0.1, 0.15) is 30.3 Å².